The van der Waals surface area contributed by atoms with Gasteiger partial charge in [-0.3, -0.25) is 9.59 Å². The molecule has 1 heterocycles. The van der Waals surface area contributed by atoms with Gasteiger partial charge in [-0.2, -0.15) is 0 Å². The number of nitrogens with zero attached hydrogens (tertiary/aromatic N) is 1. The lowest BCUT2D eigenvalue weighted by atomic mass is 10.1. The standard InChI is InChI=1S/C15H19BrN2O2/c1-11-5-2-6-12(14(11)16)15(20)17-8-4-10-18-9-3-7-13(18)19/h2,5-6H,3-4,7-10H2,1H3,(H,17,20). The number of halogens is 1. The SMILES string of the molecule is Cc1cccc(C(=O)NCCCN2CCCC2=O)c1Br. The first-order valence-electron chi connectivity index (χ1n) is 6.90. The van der Waals surface area contributed by atoms with E-state index >= 15 is 0 Å². The number of amides is 2. The average molecular weight is 339 g/mol. The topological polar surface area (TPSA) is 49.4 Å². The Labute approximate surface area is 127 Å². The van der Waals surface area contributed by atoms with Crippen LogP contribution < -0.4 is 5.32 Å². The van der Waals surface area contributed by atoms with E-state index in [1.54, 1.807) is 6.07 Å². The summed E-state index contributed by atoms with van der Waals surface area (Å²) >= 11 is 3.44. The molecular formula is C15H19BrN2O2. The number of aryl methyl sites for hydroxylation is 1. The summed E-state index contributed by atoms with van der Waals surface area (Å²) < 4.78 is 0.840. The maximum Gasteiger partial charge on any atom is 0.252 e. The van der Waals surface area contributed by atoms with Gasteiger partial charge in [0.2, 0.25) is 5.91 Å². The number of benzene rings is 1. The molecule has 0 unspecified atom stereocenters. The lowest BCUT2D eigenvalue weighted by molar-refractivity contribution is -0.127. The molecule has 1 N–H and O–H groups in total. The molecule has 0 spiro atoms. The highest BCUT2D eigenvalue weighted by molar-refractivity contribution is 9.10. The maximum absolute atomic E-state index is 12.1. The van der Waals surface area contributed by atoms with Crippen LogP contribution >= 0.6 is 15.9 Å². The Balaban J connectivity index is 1.78. The molecule has 108 valence electrons. The molecule has 1 aliphatic rings. The molecule has 1 fully saturated rings. The minimum Gasteiger partial charge on any atom is -0.352 e. The molecule has 0 radical (unpaired) electrons. The Morgan fingerprint density at radius 2 is 2.25 bits per heavy atom. The summed E-state index contributed by atoms with van der Waals surface area (Å²) in [5.74, 6) is 0.158. The monoisotopic (exact) mass is 338 g/mol. The lowest BCUT2D eigenvalue weighted by Crippen LogP contribution is -2.30. The fourth-order valence-electron chi connectivity index (χ4n) is 2.33. The van der Waals surface area contributed by atoms with Crippen molar-refractivity contribution in [3.8, 4) is 0 Å². The molecule has 5 heteroatoms. The van der Waals surface area contributed by atoms with Crippen molar-refractivity contribution < 1.29 is 9.59 Å². The second-order valence-electron chi connectivity index (χ2n) is 5.03. The third-order valence-corrected chi connectivity index (χ3v) is 4.55. The first-order chi connectivity index (χ1) is 9.59. The number of carbonyl (C=O) groups is 2. The molecule has 1 aliphatic heterocycles. The second-order valence-corrected chi connectivity index (χ2v) is 5.82. The molecule has 2 rings (SSSR count). The Morgan fingerprint density at radius 3 is 2.95 bits per heavy atom. The zero-order chi connectivity index (χ0) is 14.5. The minimum absolute atomic E-state index is 0.0756. The smallest absolute Gasteiger partial charge is 0.252 e. The van der Waals surface area contributed by atoms with Gasteiger partial charge >= 0.3 is 0 Å². The van der Waals surface area contributed by atoms with Crippen LogP contribution in [0, 0.1) is 6.92 Å². The fraction of sp³-hybridized carbons (Fsp3) is 0.467. The summed E-state index contributed by atoms with van der Waals surface area (Å²) in [6.07, 6.45) is 2.42. The van der Waals surface area contributed by atoms with Gasteiger partial charge in [0.1, 0.15) is 0 Å². The average Bonchev–Trinajstić information content (AvgIpc) is 2.83. The van der Waals surface area contributed by atoms with Crippen molar-refractivity contribution in [1.82, 2.24) is 10.2 Å². The number of hydrogen-bond donors (Lipinski definition) is 1. The Hall–Kier alpha value is -1.36. The first-order valence-corrected chi connectivity index (χ1v) is 7.70. The number of rotatable bonds is 5. The van der Waals surface area contributed by atoms with Crippen molar-refractivity contribution in [2.24, 2.45) is 0 Å². The van der Waals surface area contributed by atoms with Gasteiger partial charge in [0.05, 0.1) is 5.56 Å². The van der Waals surface area contributed by atoms with Gasteiger partial charge in [-0.15, -0.1) is 0 Å². The van der Waals surface area contributed by atoms with Crippen molar-refractivity contribution in [3.63, 3.8) is 0 Å². The first kappa shape index (κ1) is 15.0. The summed E-state index contributed by atoms with van der Waals surface area (Å²) in [4.78, 5) is 25.4. The molecule has 1 aromatic carbocycles. The lowest BCUT2D eigenvalue weighted by Gasteiger charge is -2.15. The molecule has 20 heavy (non-hydrogen) atoms. The zero-order valence-corrected chi connectivity index (χ0v) is 13.2. The van der Waals surface area contributed by atoms with Crippen LogP contribution in [-0.4, -0.2) is 36.3 Å². The highest BCUT2D eigenvalue weighted by Crippen LogP contribution is 2.20. The molecular weight excluding hydrogens is 320 g/mol. The van der Waals surface area contributed by atoms with Crippen molar-refractivity contribution in [2.45, 2.75) is 26.2 Å². The number of carbonyl (C=O) groups excluding carboxylic acids is 2. The maximum atomic E-state index is 12.1. The highest BCUT2D eigenvalue weighted by Gasteiger charge is 2.19. The molecule has 2 amide bonds. The quantitative estimate of drug-likeness (QED) is 0.838. The van der Waals surface area contributed by atoms with Crippen molar-refractivity contribution in [1.29, 1.82) is 0 Å². The molecule has 1 aromatic rings. The van der Waals surface area contributed by atoms with E-state index in [1.807, 2.05) is 24.0 Å². The summed E-state index contributed by atoms with van der Waals surface area (Å²) in [6, 6.07) is 5.63. The number of nitrogens with one attached hydrogen (secondary N) is 1. The van der Waals surface area contributed by atoms with Crippen LogP contribution in [0.25, 0.3) is 0 Å². The molecule has 0 bridgehead atoms. The van der Waals surface area contributed by atoms with Gasteiger partial charge in [-0.25, -0.2) is 0 Å². The molecule has 0 atom stereocenters. The van der Waals surface area contributed by atoms with Crippen molar-refractivity contribution in [3.05, 3.63) is 33.8 Å². The molecule has 4 nitrogen and oxygen atoms in total. The normalized spacial score (nSPS) is 14.7. The van der Waals surface area contributed by atoms with Gasteiger partial charge in [-0.1, -0.05) is 12.1 Å². The van der Waals surface area contributed by atoms with Crippen molar-refractivity contribution in [2.75, 3.05) is 19.6 Å². The van der Waals surface area contributed by atoms with Crippen LogP contribution in [0.2, 0.25) is 0 Å². The van der Waals surface area contributed by atoms with E-state index in [4.69, 9.17) is 0 Å². The van der Waals surface area contributed by atoms with Crippen LogP contribution in [-0.2, 0) is 4.79 Å². The second kappa shape index (κ2) is 6.88. The highest BCUT2D eigenvalue weighted by atomic mass is 79.9. The third-order valence-electron chi connectivity index (χ3n) is 3.50. The Kier molecular flexibility index (Phi) is 5.17. The van der Waals surface area contributed by atoms with Gasteiger partial charge in [-0.05, 0) is 47.3 Å². The summed E-state index contributed by atoms with van der Waals surface area (Å²) in [7, 11) is 0. The van der Waals surface area contributed by atoms with Gasteiger partial charge in [0.25, 0.3) is 5.91 Å². The van der Waals surface area contributed by atoms with Crippen molar-refractivity contribution >= 4 is 27.7 Å². The van der Waals surface area contributed by atoms with E-state index in [0.717, 1.165) is 36.0 Å². The Morgan fingerprint density at radius 1 is 1.45 bits per heavy atom. The van der Waals surface area contributed by atoms with Crippen LogP contribution in [0.1, 0.15) is 35.2 Å². The summed E-state index contributed by atoms with van der Waals surface area (Å²) in [5.41, 5.74) is 1.70. The summed E-state index contributed by atoms with van der Waals surface area (Å²) in [5, 5.41) is 2.90. The fourth-order valence-corrected chi connectivity index (χ4v) is 2.77. The zero-order valence-electron chi connectivity index (χ0n) is 11.6. The van der Waals surface area contributed by atoms with E-state index in [9.17, 15) is 9.59 Å². The third kappa shape index (κ3) is 3.60. The van der Waals surface area contributed by atoms with E-state index < -0.39 is 0 Å². The summed E-state index contributed by atoms with van der Waals surface area (Å²) in [6.45, 7) is 4.13. The number of hydrogen-bond acceptors (Lipinski definition) is 2. The van der Waals surface area contributed by atoms with Crippen LogP contribution in [0.15, 0.2) is 22.7 Å². The van der Waals surface area contributed by atoms with Gasteiger partial charge < -0.3 is 10.2 Å². The predicted octanol–water partition coefficient (Wildman–Crippen LogP) is 2.50. The van der Waals surface area contributed by atoms with E-state index in [-0.39, 0.29) is 11.8 Å². The Bertz CT molecular complexity index is 517. The van der Waals surface area contributed by atoms with E-state index in [2.05, 4.69) is 21.2 Å². The van der Waals surface area contributed by atoms with Gasteiger partial charge in [0.15, 0.2) is 0 Å². The largest absolute Gasteiger partial charge is 0.352 e. The number of likely N-dealkylation sites (tertiary alicyclic amines) is 1. The van der Waals surface area contributed by atoms with E-state index in [0.29, 0.717) is 18.5 Å². The predicted molar refractivity (Wildman–Crippen MR) is 81.6 cm³/mol. The van der Waals surface area contributed by atoms with Crippen LogP contribution in [0.5, 0.6) is 0 Å². The van der Waals surface area contributed by atoms with E-state index in [1.165, 1.54) is 0 Å². The van der Waals surface area contributed by atoms with Gasteiger partial charge in [0, 0.05) is 30.5 Å². The van der Waals surface area contributed by atoms with Crippen LogP contribution in [0.4, 0.5) is 0 Å². The molecule has 0 aromatic heterocycles. The molecule has 1 saturated heterocycles. The van der Waals surface area contributed by atoms with Crippen LogP contribution in [0.3, 0.4) is 0 Å². The molecule has 0 aliphatic carbocycles. The molecule has 0 saturated carbocycles. The minimum atomic E-state index is -0.0756.